The molecular weight excluding hydrogens is 507 g/mol. The lowest BCUT2D eigenvalue weighted by Crippen LogP contribution is -2.43. The molecule has 2 heterocycles. The molecule has 0 aliphatic heterocycles. The zero-order valence-corrected chi connectivity index (χ0v) is 21.6. The molecule has 0 radical (unpaired) electrons. The van der Waals surface area contributed by atoms with E-state index in [2.05, 4.69) is 32.2 Å². The number of carbonyl (C=O) groups is 1. The van der Waals surface area contributed by atoms with Gasteiger partial charge in [-0.15, -0.1) is 0 Å². The maximum Gasteiger partial charge on any atom is 0.278 e. The Kier molecular flexibility index (Phi) is 7.65. The Labute approximate surface area is 217 Å². The predicted molar refractivity (Wildman–Crippen MR) is 139 cm³/mol. The Morgan fingerprint density at radius 2 is 1.86 bits per heavy atom. The van der Waals surface area contributed by atoms with Crippen LogP contribution in [0.15, 0.2) is 29.7 Å². The number of fused-ring (bicyclic) bond motifs is 1. The lowest BCUT2D eigenvalue weighted by molar-refractivity contribution is -0.117. The molecule has 1 aliphatic carbocycles. The maximum absolute atomic E-state index is 13.5. The van der Waals surface area contributed by atoms with E-state index in [-0.39, 0.29) is 39.3 Å². The summed E-state index contributed by atoms with van der Waals surface area (Å²) in [5.41, 5.74) is 0.552. The van der Waals surface area contributed by atoms with Crippen LogP contribution in [0, 0.1) is 0 Å². The molecule has 0 spiro atoms. The number of amides is 1. The van der Waals surface area contributed by atoms with E-state index in [0.29, 0.717) is 35.2 Å². The first-order valence-electron chi connectivity index (χ1n) is 11.4. The third kappa shape index (κ3) is 4.70. The summed E-state index contributed by atoms with van der Waals surface area (Å²) >= 11 is 13.1. The van der Waals surface area contributed by atoms with Crippen LogP contribution in [-0.4, -0.2) is 51.7 Å². The summed E-state index contributed by atoms with van der Waals surface area (Å²) < 4.78 is 12.2. The molecule has 1 amide bonds. The lowest BCUT2D eigenvalue weighted by atomic mass is 10.1. The molecule has 0 saturated heterocycles. The molecule has 0 bridgehead atoms. The first-order chi connectivity index (χ1) is 17.3. The first-order valence-corrected chi connectivity index (χ1v) is 12.2. The van der Waals surface area contributed by atoms with Crippen LogP contribution in [0.1, 0.15) is 26.2 Å². The molecule has 4 rings (SSSR count). The van der Waals surface area contributed by atoms with Gasteiger partial charge in [0.05, 0.1) is 36.0 Å². The van der Waals surface area contributed by atoms with E-state index in [9.17, 15) is 9.59 Å². The number of hydrogen-bond acceptors (Lipinski definition) is 8. The second-order valence-electron chi connectivity index (χ2n) is 8.20. The Bertz CT molecular complexity index is 1370. The normalized spacial score (nSPS) is 17.1. The average molecular weight is 533 g/mol. The van der Waals surface area contributed by atoms with Crippen LogP contribution in [0.3, 0.4) is 0 Å². The van der Waals surface area contributed by atoms with Gasteiger partial charge in [0.1, 0.15) is 22.7 Å². The molecule has 10 nitrogen and oxygen atoms in total. The number of carbonyl (C=O) groups excluding carboxylic acids is 1. The van der Waals surface area contributed by atoms with Crippen molar-refractivity contribution in [1.29, 1.82) is 0 Å². The summed E-state index contributed by atoms with van der Waals surface area (Å²) in [4.78, 5) is 38.8. The van der Waals surface area contributed by atoms with E-state index in [1.165, 1.54) is 31.1 Å². The molecule has 3 aromatic rings. The minimum absolute atomic E-state index is 0.0313. The number of aromatic nitrogens is 4. The number of anilines is 1. The molecule has 0 unspecified atom stereocenters. The van der Waals surface area contributed by atoms with Gasteiger partial charge in [-0.3, -0.25) is 14.2 Å². The van der Waals surface area contributed by atoms with Crippen LogP contribution in [-0.2, 0) is 11.3 Å². The van der Waals surface area contributed by atoms with E-state index >= 15 is 0 Å². The van der Waals surface area contributed by atoms with Crippen LogP contribution in [0.2, 0.25) is 10.0 Å². The Hall–Kier alpha value is -3.37. The van der Waals surface area contributed by atoms with E-state index in [4.69, 9.17) is 32.7 Å². The summed E-state index contributed by atoms with van der Waals surface area (Å²) in [6, 6.07) is 1.42. The standard InChI is InChI=1S/C24H26Cl2N6O4/c1-5-17(33)28-12-8-7-9-13(12)30-24-27-11-14-22(31-24)32(6-2)23(34)21(29-14)18-19(25)15(35-3)10-16(36-4)20(18)26/h5,10-13H,1,6-9H2,2-4H3,(H,28,33)(H,27,30,31)/t12-,13+/m0/s1. The van der Waals surface area contributed by atoms with Gasteiger partial charge in [-0.2, -0.15) is 4.98 Å². The first kappa shape index (κ1) is 25.7. The highest BCUT2D eigenvalue weighted by atomic mass is 35.5. The fourth-order valence-electron chi connectivity index (χ4n) is 4.37. The van der Waals surface area contributed by atoms with Crippen LogP contribution in [0.5, 0.6) is 11.5 Å². The Balaban J connectivity index is 1.79. The molecule has 2 N–H and O–H groups in total. The summed E-state index contributed by atoms with van der Waals surface area (Å²) in [5, 5.41) is 6.51. The second-order valence-corrected chi connectivity index (χ2v) is 8.95. The zero-order chi connectivity index (χ0) is 26.0. The van der Waals surface area contributed by atoms with Crippen molar-refractivity contribution in [3.05, 3.63) is 45.3 Å². The number of benzene rings is 1. The number of rotatable bonds is 8. The molecule has 1 aromatic carbocycles. The van der Waals surface area contributed by atoms with Crippen LogP contribution >= 0.6 is 23.2 Å². The molecule has 12 heteroatoms. The SMILES string of the molecule is C=CC(=O)N[C@H]1CCC[C@H]1Nc1ncc2nc(-c3c(Cl)c(OC)cc(OC)c3Cl)c(=O)n(CC)c2n1. The topological polar surface area (TPSA) is 120 Å². The Morgan fingerprint density at radius 1 is 1.19 bits per heavy atom. The summed E-state index contributed by atoms with van der Waals surface area (Å²) in [6.07, 6.45) is 5.41. The third-order valence-corrected chi connectivity index (χ3v) is 6.91. The number of aryl methyl sites for hydroxylation is 1. The number of nitrogens with zero attached hydrogens (tertiary/aromatic N) is 4. The number of methoxy groups -OCH3 is 2. The number of nitrogens with one attached hydrogen (secondary N) is 2. The average Bonchev–Trinajstić information content (AvgIpc) is 3.30. The lowest BCUT2D eigenvalue weighted by Gasteiger charge is -2.22. The van der Waals surface area contributed by atoms with E-state index < -0.39 is 5.56 Å². The molecule has 190 valence electrons. The highest BCUT2D eigenvalue weighted by Crippen LogP contribution is 2.44. The van der Waals surface area contributed by atoms with Crippen molar-refractivity contribution in [3.8, 4) is 22.8 Å². The minimum atomic E-state index is -0.425. The fourth-order valence-corrected chi connectivity index (χ4v) is 5.05. The van der Waals surface area contributed by atoms with Crippen molar-refractivity contribution in [2.24, 2.45) is 0 Å². The van der Waals surface area contributed by atoms with Crippen LogP contribution in [0.25, 0.3) is 22.4 Å². The van der Waals surface area contributed by atoms with Gasteiger partial charge in [-0.05, 0) is 32.3 Å². The number of hydrogen-bond donors (Lipinski definition) is 2. The molecule has 2 atom stereocenters. The molecule has 1 fully saturated rings. The van der Waals surface area contributed by atoms with Crippen LogP contribution in [0.4, 0.5) is 5.95 Å². The van der Waals surface area contributed by atoms with Gasteiger partial charge >= 0.3 is 0 Å². The van der Waals surface area contributed by atoms with Crippen molar-refractivity contribution in [2.75, 3.05) is 19.5 Å². The summed E-state index contributed by atoms with van der Waals surface area (Å²) in [6.45, 7) is 5.65. The van der Waals surface area contributed by atoms with E-state index in [1.54, 1.807) is 6.07 Å². The highest BCUT2D eigenvalue weighted by molar-refractivity contribution is 6.41. The fraction of sp³-hybridized carbons (Fsp3) is 0.375. The van der Waals surface area contributed by atoms with Gasteiger partial charge in [0.2, 0.25) is 11.9 Å². The van der Waals surface area contributed by atoms with Gasteiger partial charge < -0.3 is 20.1 Å². The van der Waals surface area contributed by atoms with Gasteiger partial charge in [0.15, 0.2) is 5.65 Å². The quantitative estimate of drug-likeness (QED) is 0.420. The van der Waals surface area contributed by atoms with E-state index in [1.807, 2.05) is 6.92 Å². The van der Waals surface area contributed by atoms with Crippen molar-refractivity contribution in [1.82, 2.24) is 24.8 Å². The maximum atomic E-state index is 13.5. The van der Waals surface area contributed by atoms with E-state index in [0.717, 1.165) is 19.3 Å². The zero-order valence-electron chi connectivity index (χ0n) is 20.1. The third-order valence-electron chi connectivity index (χ3n) is 6.16. The molecule has 1 aliphatic rings. The summed E-state index contributed by atoms with van der Waals surface area (Å²) in [7, 11) is 2.91. The van der Waals surface area contributed by atoms with Gasteiger partial charge in [-0.1, -0.05) is 29.8 Å². The predicted octanol–water partition coefficient (Wildman–Crippen LogP) is 3.83. The molecule has 1 saturated carbocycles. The van der Waals surface area contributed by atoms with Crippen LogP contribution < -0.4 is 25.7 Å². The molecule has 2 aromatic heterocycles. The number of ether oxygens (including phenoxy) is 2. The largest absolute Gasteiger partial charge is 0.495 e. The minimum Gasteiger partial charge on any atom is -0.495 e. The van der Waals surface area contributed by atoms with Crippen molar-refractivity contribution in [3.63, 3.8) is 0 Å². The molecule has 36 heavy (non-hydrogen) atoms. The smallest absolute Gasteiger partial charge is 0.278 e. The Morgan fingerprint density at radius 3 is 2.47 bits per heavy atom. The monoisotopic (exact) mass is 532 g/mol. The number of halogens is 2. The van der Waals surface area contributed by atoms with Gasteiger partial charge in [0.25, 0.3) is 5.56 Å². The van der Waals surface area contributed by atoms with Gasteiger partial charge in [0, 0.05) is 24.7 Å². The van der Waals surface area contributed by atoms with Crippen molar-refractivity contribution in [2.45, 2.75) is 44.8 Å². The highest BCUT2D eigenvalue weighted by Gasteiger charge is 2.29. The summed E-state index contributed by atoms with van der Waals surface area (Å²) in [5.74, 6) is 0.698. The van der Waals surface area contributed by atoms with Crippen molar-refractivity contribution >= 4 is 46.2 Å². The van der Waals surface area contributed by atoms with Gasteiger partial charge in [-0.25, -0.2) is 9.97 Å². The van der Waals surface area contributed by atoms with Crippen molar-refractivity contribution < 1.29 is 14.3 Å². The second kappa shape index (κ2) is 10.7. The molecular formula is C24H26Cl2N6O4.